The number of rotatable bonds is 5. The summed E-state index contributed by atoms with van der Waals surface area (Å²) in [5, 5.41) is 3.17. The average molecular weight is 445 g/mol. The van der Waals surface area contributed by atoms with E-state index in [1.807, 2.05) is 25.1 Å². The first-order valence-electron chi connectivity index (χ1n) is 6.99. The number of carbonyl (C=O) groups excluding carboxylic acids is 1. The monoisotopic (exact) mass is 444 g/mol. The zero-order chi connectivity index (χ0) is 17.3. The fourth-order valence-electron chi connectivity index (χ4n) is 2.11. The van der Waals surface area contributed by atoms with Gasteiger partial charge in [-0.1, -0.05) is 23.5 Å². The van der Waals surface area contributed by atoms with Crippen LogP contribution in [0.25, 0.3) is 10.2 Å². The number of aromatic nitrogens is 1. The van der Waals surface area contributed by atoms with Gasteiger partial charge in [0.15, 0.2) is 15.0 Å². The van der Waals surface area contributed by atoms with E-state index in [1.165, 1.54) is 17.4 Å². The standard InChI is InChI=1S/C15H13BrN2O3S3/c1-9-3-2-4-10-14(9)18-15(22-10)17-12(19)7-8-24(20,21)13-6-5-11(16)23-13/h2-6H,7-8H2,1H3,(H,17,18,19). The lowest BCUT2D eigenvalue weighted by Gasteiger charge is -2.02. The van der Waals surface area contributed by atoms with Crippen molar-refractivity contribution >= 4 is 69.7 Å². The molecule has 1 aromatic carbocycles. The summed E-state index contributed by atoms with van der Waals surface area (Å²) in [7, 11) is -3.45. The molecular formula is C15H13BrN2O3S3. The number of nitrogens with one attached hydrogen (secondary N) is 1. The van der Waals surface area contributed by atoms with Gasteiger partial charge in [0.1, 0.15) is 4.21 Å². The lowest BCUT2D eigenvalue weighted by Crippen LogP contribution is -2.16. The van der Waals surface area contributed by atoms with Crippen LogP contribution in [0.15, 0.2) is 38.3 Å². The quantitative estimate of drug-likeness (QED) is 0.638. The van der Waals surface area contributed by atoms with Crippen molar-refractivity contribution in [2.24, 2.45) is 0 Å². The molecule has 0 saturated carbocycles. The fourth-order valence-corrected chi connectivity index (χ4v) is 6.47. The molecule has 0 saturated heterocycles. The third-order valence-corrected chi connectivity index (χ3v) is 8.18. The van der Waals surface area contributed by atoms with Gasteiger partial charge in [-0.3, -0.25) is 4.79 Å². The summed E-state index contributed by atoms with van der Waals surface area (Å²) in [5.41, 5.74) is 1.89. The molecule has 3 aromatic rings. The Balaban J connectivity index is 1.66. The van der Waals surface area contributed by atoms with Crippen LogP contribution in [-0.4, -0.2) is 25.1 Å². The summed E-state index contributed by atoms with van der Waals surface area (Å²) in [5.74, 6) is -0.582. The molecule has 0 aliphatic rings. The molecule has 0 aliphatic heterocycles. The van der Waals surface area contributed by atoms with E-state index >= 15 is 0 Å². The number of thiazole rings is 1. The second-order valence-electron chi connectivity index (χ2n) is 5.12. The Hall–Kier alpha value is -1.29. The third-order valence-electron chi connectivity index (χ3n) is 3.32. The van der Waals surface area contributed by atoms with Crippen molar-refractivity contribution in [2.45, 2.75) is 17.6 Å². The maximum absolute atomic E-state index is 12.2. The number of benzene rings is 1. The summed E-state index contributed by atoms with van der Waals surface area (Å²) in [4.78, 5) is 16.4. The molecule has 2 aromatic heterocycles. The van der Waals surface area contributed by atoms with E-state index in [9.17, 15) is 13.2 Å². The lowest BCUT2D eigenvalue weighted by molar-refractivity contribution is -0.115. The van der Waals surface area contributed by atoms with Gasteiger partial charge in [0.2, 0.25) is 5.91 Å². The summed E-state index contributed by atoms with van der Waals surface area (Å²) >= 11 is 5.76. The van der Waals surface area contributed by atoms with E-state index in [0.717, 1.165) is 30.9 Å². The van der Waals surface area contributed by atoms with Gasteiger partial charge in [0.05, 0.1) is 19.8 Å². The smallest absolute Gasteiger partial charge is 0.227 e. The van der Waals surface area contributed by atoms with E-state index in [2.05, 4.69) is 26.2 Å². The Morgan fingerprint density at radius 3 is 2.71 bits per heavy atom. The molecule has 126 valence electrons. The largest absolute Gasteiger partial charge is 0.302 e. The molecule has 0 fully saturated rings. The van der Waals surface area contributed by atoms with Gasteiger partial charge in [-0.05, 0) is 46.6 Å². The summed E-state index contributed by atoms with van der Waals surface area (Å²) in [6.45, 7) is 1.96. The molecule has 1 N–H and O–H groups in total. The molecule has 9 heteroatoms. The number of anilines is 1. The number of hydrogen-bond acceptors (Lipinski definition) is 6. The first-order valence-corrected chi connectivity index (χ1v) is 11.1. The number of para-hydroxylation sites is 1. The number of sulfone groups is 1. The van der Waals surface area contributed by atoms with E-state index in [1.54, 1.807) is 6.07 Å². The molecule has 5 nitrogen and oxygen atoms in total. The Morgan fingerprint density at radius 2 is 2.04 bits per heavy atom. The molecule has 3 rings (SSSR count). The van der Waals surface area contributed by atoms with Crippen molar-refractivity contribution in [1.29, 1.82) is 0 Å². The van der Waals surface area contributed by atoms with E-state index in [4.69, 9.17) is 0 Å². The second-order valence-corrected chi connectivity index (χ2v) is 10.9. The Morgan fingerprint density at radius 1 is 1.25 bits per heavy atom. The summed E-state index contributed by atoms with van der Waals surface area (Å²) < 4.78 is 26.4. The molecule has 24 heavy (non-hydrogen) atoms. The molecule has 0 unspecified atom stereocenters. The molecule has 2 heterocycles. The first kappa shape index (κ1) is 17.5. The fraction of sp³-hybridized carbons (Fsp3) is 0.200. The van der Waals surface area contributed by atoms with Gasteiger partial charge in [0.25, 0.3) is 0 Å². The van der Waals surface area contributed by atoms with Gasteiger partial charge in [-0.2, -0.15) is 0 Å². The van der Waals surface area contributed by atoms with Crippen LogP contribution in [0.3, 0.4) is 0 Å². The minimum Gasteiger partial charge on any atom is -0.302 e. The Kier molecular flexibility index (Phi) is 5.05. The van der Waals surface area contributed by atoms with Crippen LogP contribution in [0.5, 0.6) is 0 Å². The lowest BCUT2D eigenvalue weighted by atomic mass is 10.2. The number of hydrogen-bond donors (Lipinski definition) is 1. The number of aryl methyl sites for hydroxylation is 1. The van der Waals surface area contributed by atoms with Crippen molar-refractivity contribution < 1.29 is 13.2 Å². The minimum atomic E-state index is -3.45. The highest BCUT2D eigenvalue weighted by atomic mass is 79.9. The minimum absolute atomic E-state index is 0.104. The highest BCUT2D eigenvalue weighted by molar-refractivity contribution is 9.11. The van der Waals surface area contributed by atoms with Crippen LogP contribution in [0.1, 0.15) is 12.0 Å². The van der Waals surface area contributed by atoms with Crippen molar-refractivity contribution in [2.75, 3.05) is 11.1 Å². The molecule has 0 aliphatic carbocycles. The van der Waals surface area contributed by atoms with Crippen LogP contribution in [-0.2, 0) is 14.6 Å². The molecule has 0 spiro atoms. The molecular weight excluding hydrogens is 432 g/mol. The zero-order valence-electron chi connectivity index (χ0n) is 12.6. The van der Waals surface area contributed by atoms with Crippen LogP contribution in [0.2, 0.25) is 0 Å². The first-order chi connectivity index (χ1) is 11.3. The van der Waals surface area contributed by atoms with Gasteiger partial charge in [-0.15, -0.1) is 11.3 Å². The summed E-state index contributed by atoms with van der Waals surface area (Å²) in [6.07, 6.45) is -0.104. The number of nitrogens with zero attached hydrogens (tertiary/aromatic N) is 1. The van der Waals surface area contributed by atoms with Crippen LogP contribution < -0.4 is 5.32 Å². The number of carbonyl (C=O) groups is 1. The van der Waals surface area contributed by atoms with Gasteiger partial charge >= 0.3 is 0 Å². The van der Waals surface area contributed by atoms with Gasteiger partial charge < -0.3 is 5.32 Å². The predicted molar refractivity (Wildman–Crippen MR) is 102 cm³/mol. The normalized spacial score (nSPS) is 11.8. The van der Waals surface area contributed by atoms with Crippen molar-refractivity contribution in [1.82, 2.24) is 4.98 Å². The number of fused-ring (bicyclic) bond motifs is 1. The van der Waals surface area contributed by atoms with Crippen LogP contribution in [0, 0.1) is 6.92 Å². The van der Waals surface area contributed by atoms with Crippen molar-refractivity contribution in [3.05, 3.63) is 39.7 Å². The highest BCUT2D eigenvalue weighted by Crippen LogP contribution is 2.29. The van der Waals surface area contributed by atoms with Crippen LogP contribution >= 0.6 is 38.6 Å². The molecule has 0 bridgehead atoms. The maximum atomic E-state index is 12.2. The van der Waals surface area contributed by atoms with Crippen LogP contribution in [0.4, 0.5) is 5.13 Å². The SMILES string of the molecule is Cc1cccc2sc(NC(=O)CCS(=O)(=O)c3ccc(Br)s3)nc12. The maximum Gasteiger partial charge on any atom is 0.227 e. The van der Waals surface area contributed by atoms with E-state index < -0.39 is 9.84 Å². The Bertz CT molecular complexity index is 1010. The van der Waals surface area contributed by atoms with Crippen molar-refractivity contribution in [3.8, 4) is 0 Å². The number of thiophene rings is 1. The zero-order valence-corrected chi connectivity index (χ0v) is 16.6. The van der Waals surface area contributed by atoms with Gasteiger partial charge in [0, 0.05) is 6.42 Å². The molecule has 1 amide bonds. The molecule has 0 radical (unpaired) electrons. The van der Waals surface area contributed by atoms with E-state index in [-0.39, 0.29) is 22.3 Å². The number of halogens is 1. The third kappa shape index (κ3) is 3.85. The predicted octanol–water partition coefficient (Wildman–Crippen LogP) is 4.23. The van der Waals surface area contributed by atoms with E-state index in [0.29, 0.717) is 5.13 Å². The topological polar surface area (TPSA) is 76.1 Å². The average Bonchev–Trinajstić information content (AvgIpc) is 3.12. The molecule has 0 atom stereocenters. The second kappa shape index (κ2) is 6.91. The van der Waals surface area contributed by atoms with Crippen molar-refractivity contribution in [3.63, 3.8) is 0 Å². The number of amides is 1. The van der Waals surface area contributed by atoms with Gasteiger partial charge in [-0.25, -0.2) is 13.4 Å². The Labute approximate surface area is 155 Å². The summed E-state index contributed by atoms with van der Waals surface area (Å²) in [6, 6.07) is 9.06. The highest BCUT2D eigenvalue weighted by Gasteiger charge is 2.19.